The number of hydrogen-bond donors (Lipinski definition) is 0. The molecule has 3 aromatic carbocycles. The van der Waals surface area contributed by atoms with Crippen molar-refractivity contribution in [1.29, 1.82) is 0 Å². The fraction of sp³-hybridized carbons (Fsp3) is 0. The summed E-state index contributed by atoms with van der Waals surface area (Å²) in [5.41, 5.74) is 5.10. The van der Waals surface area contributed by atoms with Crippen molar-refractivity contribution in [3.63, 3.8) is 0 Å². The third-order valence-corrected chi connectivity index (χ3v) is 5.34. The van der Waals surface area contributed by atoms with Crippen molar-refractivity contribution in [2.75, 3.05) is 0 Å². The van der Waals surface area contributed by atoms with Crippen LogP contribution < -0.4 is 15.6 Å². The van der Waals surface area contributed by atoms with Crippen LogP contribution in [-0.4, -0.2) is 6.92 Å². The maximum Gasteiger partial charge on any atom is 0.429 e. The Morgan fingerprint density at radius 3 is 2.48 bits per heavy atom. The standard InChI is InChI=1S/C18H11BOS/c1-3-9-15-12(6-1)13-7-5-11-17-18(13)19(20-15)14-8-2-4-10-16(14)21-17/h1-11H. The highest BCUT2D eigenvalue weighted by Crippen LogP contribution is 2.39. The zero-order valence-electron chi connectivity index (χ0n) is 11.2. The molecule has 0 N–H and O–H groups in total. The summed E-state index contributed by atoms with van der Waals surface area (Å²) in [5, 5.41) is 0. The molecule has 3 aromatic rings. The van der Waals surface area contributed by atoms with Gasteiger partial charge in [-0.3, -0.25) is 0 Å². The van der Waals surface area contributed by atoms with Gasteiger partial charge in [0.1, 0.15) is 5.75 Å². The van der Waals surface area contributed by atoms with Crippen LogP contribution in [0.1, 0.15) is 0 Å². The minimum atomic E-state index is 0.0172. The molecule has 0 aromatic heterocycles. The fourth-order valence-electron chi connectivity index (χ4n) is 3.24. The summed E-state index contributed by atoms with van der Waals surface area (Å²) in [6.45, 7) is 0.0172. The third kappa shape index (κ3) is 1.55. The van der Waals surface area contributed by atoms with Gasteiger partial charge in [0, 0.05) is 15.4 Å². The maximum atomic E-state index is 6.35. The van der Waals surface area contributed by atoms with Gasteiger partial charge in [0.25, 0.3) is 0 Å². The Morgan fingerprint density at radius 1 is 0.714 bits per heavy atom. The lowest BCUT2D eigenvalue weighted by atomic mass is 9.52. The average Bonchev–Trinajstić information content (AvgIpc) is 2.55. The van der Waals surface area contributed by atoms with Crippen molar-refractivity contribution >= 4 is 29.6 Å². The van der Waals surface area contributed by atoms with Crippen molar-refractivity contribution in [3.8, 4) is 16.9 Å². The molecule has 0 unspecified atom stereocenters. The highest BCUT2D eigenvalue weighted by molar-refractivity contribution is 8.00. The Hall–Kier alpha value is -2.13. The summed E-state index contributed by atoms with van der Waals surface area (Å²) in [5.74, 6) is 0.980. The molecular formula is C18H11BOS. The highest BCUT2D eigenvalue weighted by atomic mass is 32.2. The van der Waals surface area contributed by atoms with Crippen LogP contribution in [0.25, 0.3) is 11.1 Å². The Labute approximate surface area is 128 Å². The van der Waals surface area contributed by atoms with E-state index in [4.69, 9.17) is 4.65 Å². The Bertz CT molecular complexity index is 875. The van der Waals surface area contributed by atoms with E-state index in [1.54, 1.807) is 0 Å². The molecule has 2 aliphatic rings. The van der Waals surface area contributed by atoms with Gasteiger partial charge in [0.05, 0.1) is 0 Å². The van der Waals surface area contributed by atoms with Crippen LogP contribution >= 0.6 is 11.8 Å². The van der Waals surface area contributed by atoms with Gasteiger partial charge in [0.2, 0.25) is 0 Å². The monoisotopic (exact) mass is 286 g/mol. The number of rotatable bonds is 0. The molecule has 5 rings (SSSR count). The first-order chi connectivity index (χ1) is 10.4. The van der Waals surface area contributed by atoms with Crippen molar-refractivity contribution in [2.24, 2.45) is 0 Å². The topological polar surface area (TPSA) is 9.23 Å². The molecule has 0 radical (unpaired) electrons. The summed E-state index contributed by atoms with van der Waals surface area (Å²) in [6.07, 6.45) is 0. The van der Waals surface area contributed by atoms with Gasteiger partial charge in [-0.25, -0.2) is 0 Å². The lowest BCUT2D eigenvalue weighted by Gasteiger charge is -2.32. The van der Waals surface area contributed by atoms with Crippen LogP contribution in [0, 0.1) is 0 Å². The Balaban J connectivity index is 1.85. The molecule has 2 aliphatic heterocycles. The van der Waals surface area contributed by atoms with Crippen LogP contribution in [0.4, 0.5) is 0 Å². The second-order valence-electron chi connectivity index (χ2n) is 5.35. The molecule has 1 nitrogen and oxygen atoms in total. The van der Waals surface area contributed by atoms with Crippen LogP contribution in [0.5, 0.6) is 5.75 Å². The van der Waals surface area contributed by atoms with E-state index < -0.39 is 0 Å². The minimum Gasteiger partial charge on any atom is -0.551 e. The molecule has 0 aliphatic carbocycles. The summed E-state index contributed by atoms with van der Waals surface area (Å²) in [7, 11) is 0. The average molecular weight is 286 g/mol. The molecule has 0 saturated carbocycles. The molecule has 2 heterocycles. The minimum absolute atomic E-state index is 0.0172. The lowest BCUT2D eigenvalue weighted by molar-refractivity contribution is 0.588. The quantitative estimate of drug-likeness (QED) is 0.586. The first-order valence-electron chi connectivity index (χ1n) is 7.07. The summed E-state index contributed by atoms with van der Waals surface area (Å²) in [6, 6.07) is 23.4. The van der Waals surface area contributed by atoms with E-state index in [1.807, 2.05) is 17.8 Å². The molecule has 0 bridgehead atoms. The van der Waals surface area contributed by atoms with E-state index in [2.05, 4.69) is 60.7 Å². The number of benzene rings is 3. The predicted molar refractivity (Wildman–Crippen MR) is 88.1 cm³/mol. The molecular weight excluding hydrogens is 275 g/mol. The van der Waals surface area contributed by atoms with E-state index in [0.717, 1.165) is 5.75 Å². The first kappa shape index (κ1) is 11.5. The zero-order valence-corrected chi connectivity index (χ0v) is 12.1. The van der Waals surface area contributed by atoms with E-state index in [-0.39, 0.29) is 6.92 Å². The smallest absolute Gasteiger partial charge is 0.429 e. The van der Waals surface area contributed by atoms with E-state index in [0.29, 0.717) is 0 Å². The number of para-hydroxylation sites is 1. The normalized spacial score (nSPS) is 13.8. The van der Waals surface area contributed by atoms with Crippen molar-refractivity contribution in [3.05, 3.63) is 66.7 Å². The van der Waals surface area contributed by atoms with Gasteiger partial charge < -0.3 is 4.65 Å². The lowest BCUT2D eigenvalue weighted by Crippen LogP contribution is -2.53. The van der Waals surface area contributed by atoms with E-state index in [9.17, 15) is 0 Å². The molecule has 3 heteroatoms. The van der Waals surface area contributed by atoms with Gasteiger partial charge in [0.15, 0.2) is 0 Å². The van der Waals surface area contributed by atoms with Gasteiger partial charge in [-0.05, 0) is 34.7 Å². The van der Waals surface area contributed by atoms with Crippen molar-refractivity contribution in [2.45, 2.75) is 9.79 Å². The molecule has 0 fully saturated rings. The van der Waals surface area contributed by atoms with Crippen LogP contribution in [-0.2, 0) is 0 Å². The summed E-state index contributed by atoms with van der Waals surface area (Å²) in [4.78, 5) is 2.61. The summed E-state index contributed by atoms with van der Waals surface area (Å²) >= 11 is 1.84. The molecule has 21 heavy (non-hydrogen) atoms. The van der Waals surface area contributed by atoms with Gasteiger partial charge in [-0.1, -0.05) is 60.3 Å². The van der Waals surface area contributed by atoms with Crippen LogP contribution in [0.2, 0.25) is 0 Å². The SMILES string of the molecule is c1ccc2c(c1)OB1c3ccccc3Sc3cccc-2c31. The Morgan fingerprint density at radius 2 is 1.48 bits per heavy atom. The largest absolute Gasteiger partial charge is 0.551 e. The fourth-order valence-corrected chi connectivity index (χ4v) is 4.39. The van der Waals surface area contributed by atoms with Crippen LogP contribution in [0.3, 0.4) is 0 Å². The predicted octanol–water partition coefficient (Wildman–Crippen LogP) is 3.32. The van der Waals surface area contributed by atoms with Crippen LogP contribution in [0.15, 0.2) is 76.5 Å². The van der Waals surface area contributed by atoms with Crippen molar-refractivity contribution in [1.82, 2.24) is 0 Å². The molecule has 0 saturated heterocycles. The zero-order chi connectivity index (χ0) is 13.8. The maximum absolute atomic E-state index is 6.35. The third-order valence-electron chi connectivity index (χ3n) is 4.17. The van der Waals surface area contributed by atoms with E-state index >= 15 is 0 Å². The molecule has 98 valence electrons. The summed E-state index contributed by atoms with van der Waals surface area (Å²) < 4.78 is 6.35. The highest BCUT2D eigenvalue weighted by Gasteiger charge is 2.38. The molecule has 0 amide bonds. The Kier molecular flexibility index (Phi) is 2.30. The van der Waals surface area contributed by atoms with Crippen molar-refractivity contribution < 1.29 is 4.65 Å². The molecule has 0 atom stereocenters. The van der Waals surface area contributed by atoms with E-state index in [1.165, 1.54) is 31.8 Å². The first-order valence-corrected chi connectivity index (χ1v) is 7.89. The van der Waals surface area contributed by atoms with Gasteiger partial charge in [-0.2, -0.15) is 0 Å². The molecule has 0 spiro atoms. The number of hydrogen-bond acceptors (Lipinski definition) is 2. The second kappa shape index (κ2) is 4.19. The second-order valence-corrected chi connectivity index (χ2v) is 6.44. The van der Waals surface area contributed by atoms with Gasteiger partial charge >= 0.3 is 6.92 Å². The van der Waals surface area contributed by atoms with Gasteiger partial charge in [-0.15, -0.1) is 0 Å². The number of fused-ring (bicyclic) bond motifs is 4.